The van der Waals surface area contributed by atoms with Gasteiger partial charge in [-0.15, -0.1) is 0 Å². The summed E-state index contributed by atoms with van der Waals surface area (Å²) in [5, 5.41) is 10.1. The molecule has 3 N–H and O–H groups in total. The summed E-state index contributed by atoms with van der Waals surface area (Å²) < 4.78 is 23.2. The van der Waals surface area contributed by atoms with Gasteiger partial charge in [0, 0.05) is 41.4 Å². The van der Waals surface area contributed by atoms with Crippen molar-refractivity contribution in [1.29, 1.82) is 0 Å². The smallest absolute Gasteiger partial charge is 0.407 e. The van der Waals surface area contributed by atoms with Crippen LogP contribution >= 0.6 is 23.2 Å². The first-order valence-electron chi connectivity index (χ1n) is 14.4. The Morgan fingerprint density at radius 2 is 1.71 bits per heavy atom. The lowest BCUT2D eigenvalue weighted by Gasteiger charge is -2.40. The molecule has 1 atom stereocenters. The molecule has 2 aliphatic heterocycles. The molecular weight excluding hydrogens is 626 g/mol. The molecule has 3 amide bonds. The number of hydrogen-bond acceptors (Lipinski definition) is 6. The number of ketones is 1. The SMILES string of the molecule is NC(=O)C1(COC2(c3ccc(Cl)cc3)c3c(F)cc(C(=O)C4CCN(C(=O)O)CC4)cc3C(=O)N2Cc2ccc(Cl)cn2)CC1. The average molecular weight is 656 g/mol. The predicted octanol–water partition coefficient (Wildman–Crippen LogP) is 5.24. The first-order valence-corrected chi connectivity index (χ1v) is 15.2. The molecule has 0 radical (unpaired) electrons. The highest BCUT2D eigenvalue weighted by Gasteiger charge is 2.58. The van der Waals surface area contributed by atoms with Crippen LogP contribution in [0.1, 0.15) is 63.2 Å². The number of halogens is 3. The normalized spacial score (nSPS) is 20.6. The van der Waals surface area contributed by atoms with Crippen molar-refractivity contribution in [3.8, 4) is 0 Å². The first-order chi connectivity index (χ1) is 21.4. The Bertz CT molecular complexity index is 1690. The third-order valence-corrected chi connectivity index (χ3v) is 9.46. The minimum atomic E-state index is -1.87. The van der Waals surface area contributed by atoms with Gasteiger partial charge < -0.3 is 20.5 Å². The van der Waals surface area contributed by atoms with E-state index in [0.717, 1.165) is 6.07 Å². The van der Waals surface area contributed by atoms with Crippen LogP contribution in [0.5, 0.6) is 0 Å². The van der Waals surface area contributed by atoms with E-state index < -0.39 is 40.8 Å². The number of primary amides is 1. The molecule has 1 saturated carbocycles. The number of carbonyl (C=O) groups is 4. The topological polar surface area (TPSA) is 143 Å². The summed E-state index contributed by atoms with van der Waals surface area (Å²) in [7, 11) is 0. The standard InChI is InChI=1S/C32H29Cl2FN4O6/c33-21-3-1-20(2-4-21)32(45-17-31(9-10-31)29(36)42)26-24(28(41)39(32)16-23-6-5-22(34)15-37-23)13-19(14-25(26)35)27(40)18-7-11-38(12-8-18)30(43)44/h1-6,13-15,18H,7-12,16-17H2,(H2,36,42)(H,43,44). The second-order valence-electron chi connectivity index (χ2n) is 11.7. The number of hydrogen-bond donors (Lipinski definition) is 2. The van der Waals surface area contributed by atoms with E-state index in [1.165, 1.54) is 22.1 Å². The van der Waals surface area contributed by atoms with Crippen LogP contribution < -0.4 is 5.73 Å². The number of piperidine rings is 1. The van der Waals surface area contributed by atoms with E-state index >= 15 is 4.39 Å². The van der Waals surface area contributed by atoms with E-state index in [0.29, 0.717) is 34.1 Å². The monoisotopic (exact) mass is 654 g/mol. The lowest BCUT2D eigenvalue weighted by Crippen LogP contribution is -2.48. The number of aromatic nitrogens is 1. The van der Waals surface area contributed by atoms with Crippen LogP contribution in [0, 0.1) is 17.2 Å². The van der Waals surface area contributed by atoms with Gasteiger partial charge in [-0.05, 0) is 62.1 Å². The molecule has 1 saturated heterocycles. The van der Waals surface area contributed by atoms with E-state index in [1.807, 2.05) is 0 Å². The summed E-state index contributed by atoms with van der Waals surface area (Å²) in [6.07, 6.45) is 1.88. The quantitative estimate of drug-likeness (QED) is 0.300. The number of benzene rings is 2. The molecule has 234 valence electrons. The molecule has 1 aliphatic carbocycles. The Balaban J connectivity index is 1.47. The highest BCUT2D eigenvalue weighted by molar-refractivity contribution is 6.30. The number of nitrogens with zero attached hydrogens (tertiary/aromatic N) is 3. The maximum Gasteiger partial charge on any atom is 0.407 e. The molecule has 1 aromatic heterocycles. The number of likely N-dealkylation sites (tertiary alicyclic amines) is 1. The molecular formula is C32H29Cl2FN4O6. The minimum absolute atomic E-state index is 0.000600. The van der Waals surface area contributed by atoms with E-state index in [9.17, 15) is 24.3 Å². The summed E-state index contributed by atoms with van der Waals surface area (Å²) in [5.74, 6) is -2.94. The van der Waals surface area contributed by atoms with Crippen LogP contribution in [0.3, 0.4) is 0 Å². The van der Waals surface area contributed by atoms with Gasteiger partial charge >= 0.3 is 6.09 Å². The maximum atomic E-state index is 16.6. The van der Waals surface area contributed by atoms with E-state index in [1.54, 1.807) is 36.4 Å². The van der Waals surface area contributed by atoms with Crippen molar-refractivity contribution in [3.63, 3.8) is 0 Å². The van der Waals surface area contributed by atoms with E-state index in [-0.39, 0.29) is 61.6 Å². The Morgan fingerprint density at radius 3 is 2.29 bits per heavy atom. The Hall–Kier alpha value is -4.06. The van der Waals surface area contributed by atoms with Crippen LogP contribution in [-0.2, 0) is 21.8 Å². The molecule has 3 aliphatic rings. The second-order valence-corrected chi connectivity index (χ2v) is 12.6. The largest absolute Gasteiger partial charge is 0.465 e. The van der Waals surface area contributed by atoms with Gasteiger partial charge in [0.25, 0.3) is 5.91 Å². The number of rotatable bonds is 9. The van der Waals surface area contributed by atoms with Gasteiger partial charge in [-0.3, -0.25) is 24.3 Å². The van der Waals surface area contributed by atoms with Gasteiger partial charge in [0.05, 0.1) is 40.4 Å². The Labute approximate surface area is 267 Å². The fourth-order valence-corrected chi connectivity index (χ4v) is 6.40. The van der Waals surface area contributed by atoms with Gasteiger partial charge in [0.1, 0.15) is 5.82 Å². The van der Waals surface area contributed by atoms with Crippen LogP contribution in [0.25, 0.3) is 0 Å². The predicted molar refractivity (Wildman–Crippen MR) is 161 cm³/mol. The molecule has 6 rings (SSSR count). The summed E-state index contributed by atoms with van der Waals surface area (Å²) in [5.41, 5.74) is 3.48. The third kappa shape index (κ3) is 5.53. The minimum Gasteiger partial charge on any atom is -0.465 e. The summed E-state index contributed by atoms with van der Waals surface area (Å²) in [6, 6.07) is 12.1. The molecule has 1 unspecified atom stereocenters. The molecule has 45 heavy (non-hydrogen) atoms. The van der Waals surface area contributed by atoms with Crippen molar-refractivity contribution in [3.05, 3.63) is 98.5 Å². The highest BCUT2D eigenvalue weighted by atomic mass is 35.5. The summed E-state index contributed by atoms with van der Waals surface area (Å²) in [6.45, 7) is 0.0297. The van der Waals surface area contributed by atoms with Crippen molar-refractivity contribution in [2.45, 2.75) is 38.0 Å². The molecule has 3 aromatic rings. The molecule has 2 fully saturated rings. The van der Waals surface area contributed by atoms with E-state index in [2.05, 4.69) is 4.98 Å². The summed E-state index contributed by atoms with van der Waals surface area (Å²) in [4.78, 5) is 58.5. The van der Waals surface area contributed by atoms with Crippen molar-refractivity contribution < 1.29 is 33.4 Å². The highest BCUT2D eigenvalue weighted by Crippen LogP contribution is 2.52. The third-order valence-electron chi connectivity index (χ3n) is 8.98. The van der Waals surface area contributed by atoms with Crippen molar-refractivity contribution in [1.82, 2.24) is 14.8 Å². The number of amides is 3. The van der Waals surface area contributed by atoms with Gasteiger partial charge in [-0.1, -0.05) is 35.3 Å². The van der Waals surface area contributed by atoms with Crippen LogP contribution in [0.4, 0.5) is 9.18 Å². The zero-order valence-corrected chi connectivity index (χ0v) is 25.5. The fraction of sp³-hybridized carbons (Fsp3) is 0.344. The number of carboxylic acid groups (broad SMARTS) is 1. The fourth-order valence-electron chi connectivity index (χ4n) is 6.16. The molecule has 0 bridgehead atoms. The summed E-state index contributed by atoms with van der Waals surface area (Å²) >= 11 is 12.3. The molecule has 0 spiro atoms. The van der Waals surface area contributed by atoms with Gasteiger partial charge in [-0.2, -0.15) is 0 Å². The van der Waals surface area contributed by atoms with E-state index in [4.69, 9.17) is 33.7 Å². The Kier molecular flexibility index (Phi) is 8.05. The van der Waals surface area contributed by atoms with Gasteiger partial charge in [-0.25, -0.2) is 9.18 Å². The number of carbonyl (C=O) groups excluding carboxylic acids is 3. The molecule has 13 heteroatoms. The lowest BCUT2D eigenvalue weighted by molar-refractivity contribution is -0.142. The average Bonchev–Trinajstić information content (AvgIpc) is 3.79. The molecule has 2 aromatic carbocycles. The van der Waals surface area contributed by atoms with Crippen LogP contribution in [0.15, 0.2) is 54.7 Å². The molecule has 3 heterocycles. The lowest BCUT2D eigenvalue weighted by atomic mass is 9.86. The van der Waals surface area contributed by atoms with Gasteiger partial charge in [0.15, 0.2) is 11.5 Å². The van der Waals surface area contributed by atoms with Gasteiger partial charge in [0.2, 0.25) is 5.91 Å². The van der Waals surface area contributed by atoms with Crippen LogP contribution in [-0.4, -0.2) is 63.3 Å². The number of pyridine rings is 1. The Morgan fingerprint density at radius 1 is 1.04 bits per heavy atom. The first kappa shape index (κ1) is 30.9. The molecule has 10 nitrogen and oxygen atoms in total. The van der Waals surface area contributed by atoms with Crippen LogP contribution in [0.2, 0.25) is 10.0 Å². The maximum absolute atomic E-state index is 16.6. The zero-order valence-electron chi connectivity index (χ0n) is 24.0. The zero-order chi connectivity index (χ0) is 32.1. The van der Waals surface area contributed by atoms with Crippen molar-refractivity contribution >= 4 is 46.9 Å². The number of nitrogens with two attached hydrogens (primary N) is 1. The number of fused-ring (bicyclic) bond motifs is 1. The number of Topliss-reactive ketones (excluding diaryl/α,β-unsaturated/α-hetero) is 1. The second kappa shape index (κ2) is 11.7. The van der Waals surface area contributed by atoms with Crippen molar-refractivity contribution in [2.75, 3.05) is 19.7 Å². The van der Waals surface area contributed by atoms with Crippen molar-refractivity contribution in [2.24, 2.45) is 17.1 Å². The number of ether oxygens (including phenoxy) is 1.